The zero-order chi connectivity index (χ0) is 22.1. The molecule has 0 aliphatic rings. The molecule has 1 unspecified atom stereocenters. The van der Waals surface area contributed by atoms with Gasteiger partial charge in [0.1, 0.15) is 0 Å². The lowest BCUT2D eigenvalue weighted by Gasteiger charge is -2.30. The third-order valence-electron chi connectivity index (χ3n) is 5.02. The highest BCUT2D eigenvalue weighted by molar-refractivity contribution is 7.99. The molecule has 1 N–H and O–H groups in total. The molecular weight excluding hydrogens is 441 g/mol. The summed E-state index contributed by atoms with van der Waals surface area (Å²) in [6.45, 7) is 0. The van der Waals surface area contributed by atoms with Crippen LogP contribution in [-0.2, 0) is 5.60 Å². The summed E-state index contributed by atoms with van der Waals surface area (Å²) in [5.41, 5.74) is -1.72. The third kappa shape index (κ3) is 4.33. The number of benzene rings is 3. The summed E-state index contributed by atoms with van der Waals surface area (Å²) in [5, 5.41) is 15.6. The van der Waals surface area contributed by atoms with Crippen LogP contribution in [0.3, 0.4) is 0 Å². The van der Waals surface area contributed by atoms with Crippen LogP contribution in [0, 0.1) is 0 Å². The van der Waals surface area contributed by atoms with Crippen molar-refractivity contribution in [2.75, 3.05) is 12.0 Å². The van der Waals surface area contributed by atoms with E-state index in [9.17, 15) is 18.3 Å². The van der Waals surface area contributed by atoms with Gasteiger partial charge in [0.25, 0.3) is 0 Å². The van der Waals surface area contributed by atoms with Crippen LogP contribution in [0.5, 0.6) is 0 Å². The lowest BCUT2D eigenvalue weighted by atomic mass is 9.94. The molecule has 1 atom stereocenters. The van der Waals surface area contributed by atoms with Gasteiger partial charge >= 0.3 is 6.18 Å². The number of rotatable bonds is 6. The molecule has 160 valence electrons. The Morgan fingerprint density at radius 3 is 2.26 bits per heavy atom. The van der Waals surface area contributed by atoms with Crippen LogP contribution < -0.4 is 0 Å². The molecule has 0 saturated carbocycles. The van der Waals surface area contributed by atoms with Crippen molar-refractivity contribution in [2.45, 2.75) is 21.6 Å². The normalized spacial score (nSPS) is 14.0. The molecule has 0 aliphatic heterocycles. The zero-order valence-electron chi connectivity index (χ0n) is 16.5. The van der Waals surface area contributed by atoms with Crippen molar-refractivity contribution < 1.29 is 18.3 Å². The van der Waals surface area contributed by atoms with Crippen molar-refractivity contribution in [3.63, 3.8) is 0 Å². The van der Waals surface area contributed by atoms with Gasteiger partial charge < -0.3 is 5.11 Å². The van der Waals surface area contributed by atoms with Gasteiger partial charge in [-0.2, -0.15) is 18.3 Å². The predicted octanol–water partition coefficient (Wildman–Crippen LogP) is 6.29. The predicted molar refractivity (Wildman–Crippen MR) is 120 cm³/mol. The van der Waals surface area contributed by atoms with E-state index >= 15 is 0 Å². The van der Waals surface area contributed by atoms with Crippen LogP contribution in [0.15, 0.2) is 88.8 Å². The average molecular weight is 461 g/mol. The van der Waals surface area contributed by atoms with E-state index in [2.05, 4.69) is 5.10 Å². The van der Waals surface area contributed by atoms with Crippen molar-refractivity contribution in [1.82, 2.24) is 9.78 Å². The number of nitrogens with zero attached hydrogens (tertiary/aromatic N) is 2. The monoisotopic (exact) mass is 460 g/mol. The first-order valence-corrected chi connectivity index (χ1v) is 11.6. The summed E-state index contributed by atoms with van der Waals surface area (Å²) < 4.78 is 43.6. The Hall–Kier alpha value is -2.42. The maximum absolute atomic E-state index is 14.0. The number of fused-ring (bicyclic) bond motifs is 1. The molecule has 0 bridgehead atoms. The zero-order valence-corrected chi connectivity index (χ0v) is 18.1. The summed E-state index contributed by atoms with van der Waals surface area (Å²) in [6.07, 6.45) is -1.39. The first-order chi connectivity index (χ1) is 14.8. The van der Waals surface area contributed by atoms with Crippen LogP contribution in [0.2, 0.25) is 0 Å². The lowest BCUT2D eigenvalue weighted by Crippen LogP contribution is -2.44. The average Bonchev–Trinajstić information content (AvgIpc) is 3.21. The van der Waals surface area contributed by atoms with Gasteiger partial charge in [0.2, 0.25) is 0 Å². The molecule has 0 spiro atoms. The van der Waals surface area contributed by atoms with Crippen molar-refractivity contribution in [3.8, 4) is 5.69 Å². The Balaban J connectivity index is 1.67. The molecule has 0 aliphatic carbocycles. The lowest BCUT2D eigenvalue weighted by molar-refractivity contribution is -0.256. The minimum absolute atomic E-state index is 0.201. The number of aliphatic hydroxyl groups is 1. The highest BCUT2D eigenvalue weighted by Gasteiger charge is 2.55. The maximum atomic E-state index is 14.0. The molecule has 0 radical (unpaired) electrons. The Kier molecular flexibility index (Phi) is 6.05. The molecule has 0 amide bonds. The molecule has 0 fully saturated rings. The van der Waals surface area contributed by atoms with E-state index in [1.54, 1.807) is 34.6 Å². The molecule has 8 heteroatoms. The molecule has 4 rings (SSSR count). The van der Waals surface area contributed by atoms with Gasteiger partial charge in [-0.3, -0.25) is 0 Å². The number of hydrogen-bond donors (Lipinski definition) is 1. The van der Waals surface area contributed by atoms with E-state index in [1.807, 2.05) is 48.7 Å². The van der Waals surface area contributed by atoms with E-state index in [-0.39, 0.29) is 5.56 Å². The first kappa shape index (κ1) is 21.8. The number of aromatic nitrogens is 2. The maximum Gasteiger partial charge on any atom is 0.422 e. The Morgan fingerprint density at radius 2 is 1.61 bits per heavy atom. The number of para-hydroxylation sites is 1. The largest absolute Gasteiger partial charge is 0.422 e. The van der Waals surface area contributed by atoms with Gasteiger partial charge in [-0.1, -0.05) is 24.3 Å². The summed E-state index contributed by atoms with van der Waals surface area (Å²) in [7, 11) is 0. The number of thioether (sulfide) groups is 2. The number of halogens is 3. The molecule has 31 heavy (non-hydrogen) atoms. The summed E-state index contributed by atoms with van der Waals surface area (Å²) in [6, 6.07) is 20.8. The van der Waals surface area contributed by atoms with Crippen LogP contribution in [0.4, 0.5) is 13.2 Å². The van der Waals surface area contributed by atoms with E-state index in [0.717, 1.165) is 22.3 Å². The smallest absolute Gasteiger partial charge is 0.376 e. The molecule has 1 aromatic heterocycles. The minimum Gasteiger partial charge on any atom is -0.376 e. The SMILES string of the molecule is CSc1ccc(SCC(O)(c2ccc3c(cnn3-c3ccccc3)c2)C(F)(F)F)cc1. The standard InChI is InChI=1S/C23H19F3N2OS2/c1-30-19-8-10-20(11-9-19)31-15-22(29,23(24,25)26)17-7-12-21-16(13-17)14-27-28(21)18-5-3-2-4-6-18/h2-14,29H,15H2,1H3. The highest BCUT2D eigenvalue weighted by atomic mass is 32.2. The number of hydrogen-bond acceptors (Lipinski definition) is 4. The van der Waals surface area contributed by atoms with Crippen molar-refractivity contribution in [2.24, 2.45) is 0 Å². The molecule has 0 saturated heterocycles. The van der Waals surface area contributed by atoms with E-state index in [4.69, 9.17) is 0 Å². The molecule has 1 heterocycles. The second kappa shape index (κ2) is 8.61. The second-order valence-corrected chi connectivity index (χ2v) is 8.92. The van der Waals surface area contributed by atoms with E-state index < -0.39 is 17.5 Å². The molecule has 3 nitrogen and oxygen atoms in total. The summed E-state index contributed by atoms with van der Waals surface area (Å²) in [5.74, 6) is -0.548. The van der Waals surface area contributed by atoms with E-state index in [1.165, 1.54) is 18.3 Å². The van der Waals surface area contributed by atoms with Crippen LogP contribution >= 0.6 is 23.5 Å². The fourth-order valence-corrected chi connectivity index (χ4v) is 4.70. The molecule has 3 aromatic carbocycles. The van der Waals surface area contributed by atoms with Gasteiger partial charge in [0.05, 0.1) is 17.4 Å². The van der Waals surface area contributed by atoms with Gasteiger partial charge in [-0.05, 0) is 60.4 Å². The first-order valence-electron chi connectivity index (χ1n) is 9.41. The van der Waals surface area contributed by atoms with Gasteiger partial charge in [-0.15, -0.1) is 23.5 Å². The third-order valence-corrected chi connectivity index (χ3v) is 6.93. The number of alkyl halides is 3. The van der Waals surface area contributed by atoms with Crippen LogP contribution in [0.25, 0.3) is 16.6 Å². The topological polar surface area (TPSA) is 38.1 Å². The quantitative estimate of drug-likeness (QED) is 0.343. The fraction of sp³-hybridized carbons (Fsp3) is 0.174. The second-order valence-electron chi connectivity index (χ2n) is 6.99. The summed E-state index contributed by atoms with van der Waals surface area (Å²) >= 11 is 2.53. The van der Waals surface area contributed by atoms with Gasteiger partial charge in [0.15, 0.2) is 5.60 Å². The van der Waals surface area contributed by atoms with Crippen LogP contribution in [-0.4, -0.2) is 33.1 Å². The van der Waals surface area contributed by atoms with Crippen molar-refractivity contribution in [3.05, 3.63) is 84.6 Å². The van der Waals surface area contributed by atoms with Crippen molar-refractivity contribution >= 4 is 34.4 Å². The molecule has 4 aromatic rings. The van der Waals surface area contributed by atoms with E-state index in [0.29, 0.717) is 15.8 Å². The Labute approximate surface area is 186 Å². The fourth-order valence-electron chi connectivity index (χ4n) is 3.25. The minimum atomic E-state index is -4.83. The van der Waals surface area contributed by atoms with Gasteiger partial charge in [-0.25, -0.2) is 4.68 Å². The molecular formula is C23H19F3N2OS2. The Bertz CT molecular complexity index is 1180. The van der Waals surface area contributed by atoms with Gasteiger partial charge in [0, 0.05) is 20.9 Å². The van der Waals surface area contributed by atoms with Crippen LogP contribution in [0.1, 0.15) is 5.56 Å². The van der Waals surface area contributed by atoms with Crippen molar-refractivity contribution in [1.29, 1.82) is 0 Å². The Morgan fingerprint density at radius 1 is 0.935 bits per heavy atom. The summed E-state index contributed by atoms with van der Waals surface area (Å²) in [4.78, 5) is 1.69. The highest BCUT2D eigenvalue weighted by Crippen LogP contribution is 2.43.